The molecule has 9 heteroatoms. The van der Waals surface area contributed by atoms with Crippen LogP contribution in [0.4, 0.5) is 5.69 Å². The monoisotopic (exact) mass is 587 g/mol. The van der Waals surface area contributed by atoms with Gasteiger partial charge >= 0.3 is 0 Å². The first-order chi connectivity index (χ1) is 20.7. The fourth-order valence-electron chi connectivity index (χ4n) is 5.61. The number of carbonyl (C=O) groups excluding carboxylic acids is 2. The van der Waals surface area contributed by atoms with Gasteiger partial charge in [0.05, 0.1) is 33.1 Å². The van der Waals surface area contributed by atoms with Gasteiger partial charge in [-0.3, -0.25) is 14.4 Å². The summed E-state index contributed by atoms with van der Waals surface area (Å²) in [6.07, 6.45) is 1.87. The third-order valence-corrected chi connectivity index (χ3v) is 7.73. The molecule has 0 heterocycles. The number of nitrogens with one attached hydrogen (secondary N) is 3. The summed E-state index contributed by atoms with van der Waals surface area (Å²) in [5, 5.41) is 9.24. The smallest absolute Gasteiger partial charge is 0.242 e. The van der Waals surface area contributed by atoms with Gasteiger partial charge in [0.1, 0.15) is 6.04 Å². The third-order valence-electron chi connectivity index (χ3n) is 7.73. The normalized spacial score (nSPS) is 14.4. The van der Waals surface area contributed by atoms with Crippen molar-refractivity contribution >= 4 is 17.5 Å². The maximum Gasteiger partial charge on any atom is 0.242 e. The minimum absolute atomic E-state index is 0.0934. The highest BCUT2D eigenvalue weighted by Crippen LogP contribution is 2.50. The second kappa shape index (κ2) is 14.1. The molecule has 3 N–H and O–H groups in total. The van der Waals surface area contributed by atoms with E-state index in [1.807, 2.05) is 56.3 Å². The number of ether oxygens (including phenoxy) is 3. The molecule has 2 atom stereocenters. The van der Waals surface area contributed by atoms with Gasteiger partial charge in [-0.15, -0.1) is 0 Å². The lowest BCUT2D eigenvalue weighted by Gasteiger charge is -2.22. The highest BCUT2D eigenvalue weighted by atomic mass is 16.5. The Balaban J connectivity index is 1.75. The Morgan fingerprint density at radius 2 is 1.67 bits per heavy atom. The van der Waals surface area contributed by atoms with Gasteiger partial charge in [0, 0.05) is 19.0 Å². The van der Waals surface area contributed by atoms with Crippen LogP contribution in [0.15, 0.2) is 59.4 Å². The van der Waals surface area contributed by atoms with E-state index in [0.29, 0.717) is 48.6 Å². The molecule has 0 saturated heterocycles. The van der Waals surface area contributed by atoms with Crippen molar-refractivity contribution in [2.45, 2.75) is 52.1 Å². The van der Waals surface area contributed by atoms with Crippen molar-refractivity contribution in [3.63, 3.8) is 0 Å². The number of aryl methyl sites for hydroxylation is 1. The van der Waals surface area contributed by atoms with E-state index in [1.165, 1.54) is 6.92 Å². The number of hydrogen-bond acceptors (Lipinski definition) is 7. The summed E-state index contributed by atoms with van der Waals surface area (Å²) in [4.78, 5) is 39.2. The van der Waals surface area contributed by atoms with Crippen LogP contribution in [0.25, 0.3) is 11.1 Å². The molecular formula is C34H41N3O6. The summed E-state index contributed by atoms with van der Waals surface area (Å²) in [6.45, 7) is 5.81. The van der Waals surface area contributed by atoms with Crippen LogP contribution < -0.4 is 35.6 Å². The van der Waals surface area contributed by atoms with Crippen molar-refractivity contribution in [1.82, 2.24) is 10.6 Å². The number of carbonyl (C=O) groups is 2. The maximum atomic E-state index is 13.7. The first kappa shape index (κ1) is 31.4. The van der Waals surface area contributed by atoms with Crippen LogP contribution in [0.1, 0.15) is 49.9 Å². The number of anilines is 1. The van der Waals surface area contributed by atoms with Gasteiger partial charge in [0.25, 0.3) is 0 Å². The fourth-order valence-corrected chi connectivity index (χ4v) is 5.61. The van der Waals surface area contributed by atoms with Gasteiger partial charge in [0.2, 0.25) is 23.0 Å². The molecule has 1 aliphatic rings. The second-order valence-electron chi connectivity index (χ2n) is 11.0. The predicted octanol–water partition coefficient (Wildman–Crippen LogP) is 4.66. The molecule has 4 rings (SSSR count). The zero-order valence-corrected chi connectivity index (χ0v) is 25.7. The Labute approximate surface area is 252 Å². The van der Waals surface area contributed by atoms with E-state index >= 15 is 0 Å². The van der Waals surface area contributed by atoms with Crippen LogP contribution >= 0.6 is 0 Å². The number of amides is 2. The van der Waals surface area contributed by atoms with Crippen molar-refractivity contribution in [1.29, 1.82) is 0 Å². The molecular weight excluding hydrogens is 546 g/mol. The lowest BCUT2D eigenvalue weighted by Crippen LogP contribution is -2.44. The lowest BCUT2D eigenvalue weighted by atomic mass is 9.95. The van der Waals surface area contributed by atoms with Crippen molar-refractivity contribution in [2.75, 3.05) is 33.2 Å². The van der Waals surface area contributed by atoms with Crippen LogP contribution in [-0.4, -0.2) is 45.7 Å². The molecule has 0 aromatic heterocycles. The zero-order chi connectivity index (χ0) is 31.1. The average Bonchev–Trinajstić information content (AvgIpc) is 3.23. The van der Waals surface area contributed by atoms with E-state index < -0.39 is 12.1 Å². The Hall–Kier alpha value is -4.53. The fraction of sp³-hybridized carbons (Fsp3) is 0.382. The van der Waals surface area contributed by atoms with E-state index in [0.717, 1.165) is 22.3 Å². The summed E-state index contributed by atoms with van der Waals surface area (Å²) >= 11 is 0. The van der Waals surface area contributed by atoms with Crippen LogP contribution in [0.3, 0.4) is 0 Å². The summed E-state index contributed by atoms with van der Waals surface area (Å²) in [5.41, 5.74) is 4.22. The van der Waals surface area contributed by atoms with E-state index in [-0.39, 0.29) is 28.8 Å². The van der Waals surface area contributed by atoms with Gasteiger partial charge in [-0.2, -0.15) is 0 Å². The number of methoxy groups -OCH3 is 3. The molecule has 0 fully saturated rings. The van der Waals surface area contributed by atoms with Gasteiger partial charge in [-0.05, 0) is 65.6 Å². The third kappa shape index (κ3) is 7.10. The maximum absolute atomic E-state index is 13.7. The second-order valence-corrected chi connectivity index (χ2v) is 11.0. The minimum atomic E-state index is -0.636. The Morgan fingerprint density at radius 3 is 2.30 bits per heavy atom. The molecule has 0 radical (unpaired) electrons. The molecule has 1 aliphatic carbocycles. The number of hydrogen-bond donors (Lipinski definition) is 3. The Kier molecular flexibility index (Phi) is 10.3. The first-order valence-electron chi connectivity index (χ1n) is 14.5. The first-order valence-corrected chi connectivity index (χ1v) is 14.5. The van der Waals surface area contributed by atoms with Crippen molar-refractivity contribution in [3.05, 3.63) is 81.5 Å². The van der Waals surface area contributed by atoms with E-state index in [4.69, 9.17) is 14.2 Å². The van der Waals surface area contributed by atoms with E-state index in [2.05, 4.69) is 16.0 Å². The van der Waals surface area contributed by atoms with Crippen LogP contribution in [-0.2, 0) is 22.4 Å². The summed E-state index contributed by atoms with van der Waals surface area (Å²) in [6, 6.07) is 15.9. The Morgan fingerprint density at radius 1 is 0.953 bits per heavy atom. The molecule has 3 aromatic carbocycles. The number of fused-ring (bicyclic) bond motifs is 3. The summed E-state index contributed by atoms with van der Waals surface area (Å²) in [7, 11) is 4.68. The van der Waals surface area contributed by atoms with Gasteiger partial charge in [-0.25, -0.2) is 0 Å². The summed E-state index contributed by atoms with van der Waals surface area (Å²) in [5.74, 6) is 0.971. The predicted molar refractivity (Wildman–Crippen MR) is 168 cm³/mol. The highest BCUT2D eigenvalue weighted by Gasteiger charge is 2.30. The molecule has 2 amide bonds. The molecule has 228 valence electrons. The highest BCUT2D eigenvalue weighted by molar-refractivity contribution is 5.86. The Bertz CT molecular complexity index is 1520. The molecule has 0 bridgehead atoms. The standard InChI is InChI=1S/C34H41N3O6/c1-20(2)31(34(40)35-17-16-22-10-8-7-9-11-22)37-27-15-13-24-25(19-28(27)39)26(36-21(3)38)14-12-23-18-29(41-4)32(42-5)33(43-6)30(23)24/h7-11,13,15,18-20,26,31H,12,14,16-17H2,1-6H3,(H,35,40)(H,36,38)(H,37,39). The average molecular weight is 588 g/mol. The molecule has 0 spiro atoms. The van der Waals surface area contributed by atoms with Gasteiger partial charge in [0.15, 0.2) is 11.5 Å². The quantitative estimate of drug-likeness (QED) is 0.299. The largest absolute Gasteiger partial charge is 0.493 e. The van der Waals surface area contributed by atoms with E-state index in [9.17, 15) is 14.4 Å². The molecule has 9 nitrogen and oxygen atoms in total. The van der Waals surface area contributed by atoms with Crippen LogP contribution in [0, 0.1) is 5.92 Å². The van der Waals surface area contributed by atoms with Crippen molar-refractivity contribution in [2.24, 2.45) is 5.92 Å². The van der Waals surface area contributed by atoms with Crippen LogP contribution in [0.5, 0.6) is 17.2 Å². The molecule has 2 unspecified atom stereocenters. The SMILES string of the molecule is COc1cc2c(c(OC)c1OC)-c1ccc(NC(C(=O)NCCc3ccccc3)C(C)C)c(=O)cc1C(NC(C)=O)CC2. The van der Waals surface area contributed by atoms with Crippen molar-refractivity contribution < 1.29 is 23.8 Å². The molecule has 3 aromatic rings. The number of benzene rings is 2. The number of rotatable bonds is 11. The molecule has 0 aliphatic heterocycles. The van der Waals surface area contributed by atoms with Crippen molar-refractivity contribution in [3.8, 4) is 28.4 Å². The van der Waals surface area contributed by atoms with Gasteiger partial charge in [-0.1, -0.05) is 50.2 Å². The topological polar surface area (TPSA) is 115 Å². The van der Waals surface area contributed by atoms with Gasteiger partial charge < -0.3 is 30.2 Å². The summed E-state index contributed by atoms with van der Waals surface area (Å²) < 4.78 is 17.1. The van der Waals surface area contributed by atoms with E-state index in [1.54, 1.807) is 33.5 Å². The lowest BCUT2D eigenvalue weighted by molar-refractivity contribution is -0.122. The molecule has 43 heavy (non-hydrogen) atoms. The minimum Gasteiger partial charge on any atom is -0.493 e. The molecule has 0 saturated carbocycles. The van der Waals surface area contributed by atoms with Crippen LogP contribution in [0.2, 0.25) is 0 Å². The zero-order valence-electron chi connectivity index (χ0n) is 25.7.